The number of carboxylic acids is 1. The van der Waals surface area contributed by atoms with Crippen molar-refractivity contribution in [3.05, 3.63) is 0 Å². The van der Waals surface area contributed by atoms with E-state index in [9.17, 15) is 9.90 Å². The highest BCUT2D eigenvalue weighted by Gasteiger charge is 2.35. The standard InChI is InChI=1S/C14H27NO2/c1-4-8-14(3,13(16)17)11-15-9-6-7-12(5-2)10-15/h12H,4-11H2,1-3H3,(H,16,17). The highest BCUT2D eigenvalue weighted by atomic mass is 16.4. The number of aliphatic carboxylic acids is 1. The lowest BCUT2D eigenvalue weighted by Gasteiger charge is -2.37. The number of hydrogen-bond donors (Lipinski definition) is 1. The van der Waals surface area contributed by atoms with Crippen LogP contribution in [0.5, 0.6) is 0 Å². The molecule has 1 saturated heterocycles. The molecule has 0 radical (unpaired) electrons. The van der Waals surface area contributed by atoms with Crippen molar-refractivity contribution in [2.24, 2.45) is 11.3 Å². The minimum Gasteiger partial charge on any atom is -0.481 e. The first-order valence-corrected chi connectivity index (χ1v) is 6.97. The van der Waals surface area contributed by atoms with Gasteiger partial charge >= 0.3 is 5.97 Å². The topological polar surface area (TPSA) is 40.5 Å². The normalized spacial score (nSPS) is 25.5. The zero-order chi connectivity index (χ0) is 12.9. The van der Waals surface area contributed by atoms with Gasteiger partial charge in [0.1, 0.15) is 0 Å². The van der Waals surface area contributed by atoms with Crippen LogP contribution in [0.3, 0.4) is 0 Å². The molecule has 1 N–H and O–H groups in total. The molecule has 100 valence electrons. The minimum absolute atomic E-state index is 0.565. The van der Waals surface area contributed by atoms with Crippen LogP contribution < -0.4 is 0 Å². The van der Waals surface area contributed by atoms with Gasteiger partial charge in [-0.25, -0.2) is 0 Å². The summed E-state index contributed by atoms with van der Waals surface area (Å²) in [7, 11) is 0. The molecule has 1 fully saturated rings. The van der Waals surface area contributed by atoms with Crippen molar-refractivity contribution in [1.82, 2.24) is 4.90 Å². The molecule has 0 aromatic heterocycles. The van der Waals surface area contributed by atoms with Crippen LogP contribution in [-0.4, -0.2) is 35.6 Å². The number of likely N-dealkylation sites (tertiary alicyclic amines) is 1. The van der Waals surface area contributed by atoms with E-state index in [4.69, 9.17) is 0 Å². The Labute approximate surface area is 105 Å². The molecule has 0 aromatic rings. The number of rotatable bonds is 6. The maximum atomic E-state index is 11.4. The minimum atomic E-state index is -0.641. The Bertz CT molecular complexity index is 255. The smallest absolute Gasteiger partial charge is 0.310 e. The first-order chi connectivity index (χ1) is 8.01. The third-order valence-corrected chi connectivity index (χ3v) is 4.07. The Hall–Kier alpha value is -0.570. The predicted octanol–water partition coefficient (Wildman–Crippen LogP) is 3.00. The summed E-state index contributed by atoms with van der Waals surface area (Å²) in [4.78, 5) is 13.8. The highest BCUT2D eigenvalue weighted by molar-refractivity contribution is 5.74. The molecule has 1 aliphatic rings. The number of nitrogens with zero attached hydrogens (tertiary/aromatic N) is 1. The fourth-order valence-corrected chi connectivity index (χ4v) is 2.93. The van der Waals surface area contributed by atoms with Gasteiger partial charge in [0.15, 0.2) is 0 Å². The van der Waals surface area contributed by atoms with Crippen LogP contribution in [0.1, 0.15) is 52.9 Å². The second-order valence-electron chi connectivity index (χ2n) is 5.77. The molecule has 2 atom stereocenters. The fraction of sp³-hybridized carbons (Fsp3) is 0.929. The number of hydrogen-bond acceptors (Lipinski definition) is 2. The SMILES string of the molecule is CCCC(C)(CN1CCCC(CC)C1)C(=O)O. The van der Waals surface area contributed by atoms with Gasteiger partial charge in [-0.3, -0.25) is 4.79 Å². The van der Waals surface area contributed by atoms with Gasteiger partial charge in [0, 0.05) is 13.1 Å². The monoisotopic (exact) mass is 241 g/mol. The van der Waals surface area contributed by atoms with Crippen LogP contribution in [0.2, 0.25) is 0 Å². The molecule has 0 aliphatic carbocycles. The van der Waals surface area contributed by atoms with Gasteiger partial charge in [-0.05, 0) is 38.6 Å². The van der Waals surface area contributed by atoms with E-state index in [0.717, 1.165) is 31.8 Å². The van der Waals surface area contributed by atoms with Crippen molar-refractivity contribution in [2.45, 2.75) is 52.9 Å². The summed E-state index contributed by atoms with van der Waals surface area (Å²) >= 11 is 0. The predicted molar refractivity (Wildman–Crippen MR) is 70.1 cm³/mol. The van der Waals surface area contributed by atoms with E-state index >= 15 is 0 Å². The van der Waals surface area contributed by atoms with E-state index < -0.39 is 11.4 Å². The Morgan fingerprint density at radius 3 is 2.71 bits per heavy atom. The summed E-state index contributed by atoms with van der Waals surface area (Å²) in [6, 6.07) is 0. The lowest BCUT2D eigenvalue weighted by Crippen LogP contribution is -2.45. The second-order valence-corrected chi connectivity index (χ2v) is 5.77. The average molecular weight is 241 g/mol. The molecule has 0 spiro atoms. The van der Waals surface area contributed by atoms with E-state index in [1.165, 1.54) is 19.3 Å². The van der Waals surface area contributed by atoms with Crippen LogP contribution in [0.25, 0.3) is 0 Å². The molecule has 1 rings (SSSR count). The Balaban J connectivity index is 2.57. The molecule has 0 saturated carbocycles. The molecule has 1 aliphatic heterocycles. The summed E-state index contributed by atoms with van der Waals surface area (Å²) < 4.78 is 0. The molecule has 0 bridgehead atoms. The van der Waals surface area contributed by atoms with Crippen LogP contribution in [0, 0.1) is 11.3 Å². The second kappa shape index (κ2) is 6.39. The van der Waals surface area contributed by atoms with Crippen LogP contribution in [0.15, 0.2) is 0 Å². The van der Waals surface area contributed by atoms with Gasteiger partial charge in [0.2, 0.25) is 0 Å². The summed E-state index contributed by atoms with van der Waals surface area (Å²) in [6.07, 6.45) is 5.46. The summed E-state index contributed by atoms with van der Waals surface area (Å²) in [5.74, 6) is 0.126. The summed E-state index contributed by atoms with van der Waals surface area (Å²) in [5.41, 5.74) is -0.565. The zero-order valence-electron chi connectivity index (χ0n) is 11.5. The van der Waals surface area contributed by atoms with Gasteiger partial charge in [-0.1, -0.05) is 26.7 Å². The number of carboxylic acid groups (broad SMARTS) is 1. The molecule has 3 heteroatoms. The van der Waals surface area contributed by atoms with Crippen LogP contribution >= 0.6 is 0 Å². The van der Waals surface area contributed by atoms with Gasteiger partial charge in [-0.2, -0.15) is 0 Å². The molecule has 1 heterocycles. The molecular formula is C14H27NO2. The summed E-state index contributed by atoms with van der Waals surface area (Å²) in [6.45, 7) is 9.07. The van der Waals surface area contributed by atoms with Crippen LogP contribution in [-0.2, 0) is 4.79 Å². The summed E-state index contributed by atoms with van der Waals surface area (Å²) in [5, 5.41) is 9.39. The fourth-order valence-electron chi connectivity index (χ4n) is 2.93. The molecule has 0 amide bonds. The molecule has 3 nitrogen and oxygen atoms in total. The van der Waals surface area contributed by atoms with Crippen molar-refractivity contribution in [1.29, 1.82) is 0 Å². The van der Waals surface area contributed by atoms with Crippen LogP contribution in [0.4, 0.5) is 0 Å². The van der Waals surface area contributed by atoms with Gasteiger partial charge in [0.25, 0.3) is 0 Å². The largest absolute Gasteiger partial charge is 0.481 e. The lowest BCUT2D eigenvalue weighted by atomic mass is 9.84. The van der Waals surface area contributed by atoms with E-state index in [1.807, 2.05) is 6.92 Å². The van der Waals surface area contributed by atoms with Crippen molar-refractivity contribution in [3.8, 4) is 0 Å². The molecular weight excluding hydrogens is 214 g/mol. The molecule has 0 aromatic carbocycles. The maximum absolute atomic E-state index is 11.4. The Morgan fingerprint density at radius 1 is 1.47 bits per heavy atom. The van der Waals surface area contributed by atoms with E-state index in [2.05, 4.69) is 18.7 Å². The lowest BCUT2D eigenvalue weighted by molar-refractivity contribution is -0.150. The zero-order valence-corrected chi connectivity index (χ0v) is 11.5. The van der Waals surface area contributed by atoms with Crippen molar-refractivity contribution in [3.63, 3.8) is 0 Å². The maximum Gasteiger partial charge on any atom is 0.310 e. The average Bonchev–Trinajstić information content (AvgIpc) is 2.29. The van der Waals surface area contributed by atoms with Gasteiger partial charge < -0.3 is 10.0 Å². The van der Waals surface area contributed by atoms with Crippen molar-refractivity contribution in [2.75, 3.05) is 19.6 Å². The van der Waals surface area contributed by atoms with E-state index in [0.29, 0.717) is 6.54 Å². The number of piperidine rings is 1. The first kappa shape index (κ1) is 14.5. The van der Waals surface area contributed by atoms with Gasteiger partial charge in [0.05, 0.1) is 5.41 Å². The first-order valence-electron chi connectivity index (χ1n) is 6.97. The molecule has 17 heavy (non-hydrogen) atoms. The third kappa shape index (κ3) is 3.98. The third-order valence-electron chi connectivity index (χ3n) is 4.07. The van der Waals surface area contributed by atoms with Crippen molar-refractivity contribution < 1.29 is 9.90 Å². The Kier molecular flexibility index (Phi) is 5.44. The number of carbonyl (C=O) groups is 1. The van der Waals surface area contributed by atoms with E-state index in [1.54, 1.807) is 0 Å². The van der Waals surface area contributed by atoms with E-state index in [-0.39, 0.29) is 0 Å². The quantitative estimate of drug-likeness (QED) is 0.777. The Morgan fingerprint density at radius 2 is 2.18 bits per heavy atom. The van der Waals surface area contributed by atoms with Crippen molar-refractivity contribution >= 4 is 5.97 Å². The highest BCUT2D eigenvalue weighted by Crippen LogP contribution is 2.28. The van der Waals surface area contributed by atoms with Gasteiger partial charge in [-0.15, -0.1) is 0 Å². The molecule has 2 unspecified atom stereocenters.